The van der Waals surface area contributed by atoms with E-state index in [-0.39, 0.29) is 23.0 Å². The van der Waals surface area contributed by atoms with Gasteiger partial charge in [-0.25, -0.2) is 13.8 Å². The minimum atomic E-state index is -0.724. The summed E-state index contributed by atoms with van der Waals surface area (Å²) in [5, 5.41) is 2.75. The topological polar surface area (TPSA) is 79.8 Å². The lowest BCUT2D eigenvalue weighted by Crippen LogP contribution is -2.26. The van der Waals surface area contributed by atoms with E-state index in [9.17, 15) is 18.4 Å². The second-order valence-electron chi connectivity index (χ2n) is 6.50. The van der Waals surface area contributed by atoms with Crippen LogP contribution in [0.1, 0.15) is 32.0 Å². The Kier molecular flexibility index (Phi) is 5.83. The molecule has 2 N–H and O–H groups in total. The smallest absolute Gasteiger partial charge is 0.278 e. The van der Waals surface area contributed by atoms with E-state index in [0.29, 0.717) is 22.6 Å². The van der Waals surface area contributed by atoms with Crippen molar-refractivity contribution < 1.29 is 13.6 Å². The van der Waals surface area contributed by atoms with Gasteiger partial charge in [0.25, 0.3) is 5.56 Å². The zero-order valence-corrected chi connectivity index (χ0v) is 16.5. The number of nitrogens with zero attached hydrogens (tertiary/aromatic N) is 2. The number of fused-ring (bicyclic) bond motifs is 1. The molecule has 1 aromatic carbocycles. The first kappa shape index (κ1) is 20.1. The van der Waals surface area contributed by atoms with Crippen LogP contribution in [0, 0.1) is 18.6 Å². The average molecular weight is 406 g/mol. The number of carbonyl (C=O) groups excluding carboxylic acids is 1. The largest absolute Gasteiger partial charge is 0.353 e. The van der Waals surface area contributed by atoms with Gasteiger partial charge in [-0.3, -0.25) is 14.2 Å². The molecule has 0 unspecified atom stereocenters. The van der Waals surface area contributed by atoms with Gasteiger partial charge in [0.15, 0.2) is 5.16 Å². The summed E-state index contributed by atoms with van der Waals surface area (Å²) in [5.74, 6) is -2.00. The van der Waals surface area contributed by atoms with E-state index in [0.717, 1.165) is 35.7 Å². The molecule has 0 aliphatic carbocycles. The summed E-state index contributed by atoms with van der Waals surface area (Å²) in [7, 11) is 0. The summed E-state index contributed by atoms with van der Waals surface area (Å²) in [4.78, 5) is 32.6. The second-order valence-corrected chi connectivity index (χ2v) is 7.44. The molecule has 3 rings (SSSR count). The fraction of sp³-hybridized carbons (Fsp3) is 0.316. The van der Waals surface area contributed by atoms with Gasteiger partial charge in [-0.2, -0.15) is 0 Å². The van der Waals surface area contributed by atoms with Gasteiger partial charge in [0.2, 0.25) is 5.91 Å². The van der Waals surface area contributed by atoms with Crippen molar-refractivity contribution in [3.63, 3.8) is 0 Å². The number of H-pyrrole nitrogens is 1. The standard InChI is InChI=1S/C19H20F2N4O2S/c1-4-11(3)25-18(27)17-15(7-10(2)22-17)24-19(25)28-9-16(26)23-14-8-12(20)5-6-13(14)21/h5-8,11,22H,4,9H2,1-3H3,(H,23,26)/t11-/m1/s1. The quantitative estimate of drug-likeness (QED) is 0.479. The maximum absolute atomic E-state index is 13.7. The van der Waals surface area contributed by atoms with Crippen LogP contribution in [0.5, 0.6) is 0 Å². The van der Waals surface area contributed by atoms with Crippen molar-refractivity contribution >= 4 is 34.4 Å². The summed E-state index contributed by atoms with van der Waals surface area (Å²) in [6.45, 7) is 5.69. The molecule has 0 aliphatic heterocycles. The van der Waals surface area contributed by atoms with Gasteiger partial charge in [-0.1, -0.05) is 18.7 Å². The third-order valence-corrected chi connectivity index (χ3v) is 5.31. The highest BCUT2D eigenvalue weighted by Gasteiger charge is 2.18. The molecule has 0 spiro atoms. The monoisotopic (exact) mass is 406 g/mol. The highest BCUT2D eigenvalue weighted by molar-refractivity contribution is 7.99. The molecule has 0 saturated heterocycles. The van der Waals surface area contributed by atoms with Gasteiger partial charge in [-0.15, -0.1) is 0 Å². The van der Waals surface area contributed by atoms with Crippen molar-refractivity contribution in [3.8, 4) is 0 Å². The van der Waals surface area contributed by atoms with Crippen molar-refractivity contribution in [1.29, 1.82) is 0 Å². The lowest BCUT2D eigenvalue weighted by molar-refractivity contribution is -0.113. The number of aromatic nitrogens is 3. The molecule has 28 heavy (non-hydrogen) atoms. The molecular formula is C19H20F2N4O2S. The Balaban J connectivity index is 1.86. The predicted molar refractivity (Wildman–Crippen MR) is 106 cm³/mol. The van der Waals surface area contributed by atoms with Crippen LogP contribution >= 0.6 is 11.8 Å². The van der Waals surface area contributed by atoms with E-state index in [1.54, 1.807) is 10.6 Å². The van der Waals surface area contributed by atoms with Gasteiger partial charge in [0.05, 0.1) is 17.0 Å². The molecule has 0 bridgehead atoms. The van der Waals surface area contributed by atoms with E-state index in [1.807, 2.05) is 20.8 Å². The van der Waals surface area contributed by atoms with Crippen LogP contribution in [0.25, 0.3) is 11.0 Å². The van der Waals surface area contributed by atoms with Gasteiger partial charge >= 0.3 is 0 Å². The molecule has 2 heterocycles. The molecule has 3 aromatic rings. The van der Waals surface area contributed by atoms with Gasteiger partial charge < -0.3 is 10.3 Å². The number of rotatable bonds is 6. The van der Waals surface area contributed by atoms with Crippen LogP contribution < -0.4 is 10.9 Å². The number of anilines is 1. The van der Waals surface area contributed by atoms with Gasteiger partial charge in [0, 0.05) is 17.8 Å². The lowest BCUT2D eigenvalue weighted by Gasteiger charge is -2.17. The van der Waals surface area contributed by atoms with E-state index in [1.165, 1.54) is 0 Å². The number of thioether (sulfide) groups is 1. The first-order valence-corrected chi connectivity index (χ1v) is 9.78. The van der Waals surface area contributed by atoms with Crippen molar-refractivity contribution in [3.05, 3.63) is 51.9 Å². The number of nitrogens with one attached hydrogen (secondary N) is 2. The highest BCUT2D eigenvalue weighted by Crippen LogP contribution is 2.23. The molecule has 9 heteroatoms. The Morgan fingerprint density at radius 2 is 2.11 bits per heavy atom. The zero-order chi connectivity index (χ0) is 20.4. The van der Waals surface area contributed by atoms with Crippen molar-refractivity contribution in [2.75, 3.05) is 11.1 Å². The average Bonchev–Trinajstić information content (AvgIpc) is 3.03. The molecule has 1 amide bonds. The van der Waals surface area contributed by atoms with Crippen LogP contribution in [0.3, 0.4) is 0 Å². The van der Waals surface area contributed by atoms with Crippen molar-refractivity contribution in [1.82, 2.24) is 14.5 Å². The SMILES string of the molecule is CC[C@@H](C)n1c(SCC(=O)Nc2cc(F)ccc2F)nc2cc(C)[nH]c2c1=O. The molecule has 2 aromatic heterocycles. The summed E-state index contributed by atoms with van der Waals surface area (Å²) < 4.78 is 28.5. The van der Waals surface area contributed by atoms with E-state index < -0.39 is 17.5 Å². The number of hydrogen-bond donors (Lipinski definition) is 2. The molecule has 148 valence electrons. The normalized spacial score (nSPS) is 12.3. The molecular weight excluding hydrogens is 386 g/mol. The minimum Gasteiger partial charge on any atom is -0.353 e. The number of benzene rings is 1. The number of hydrogen-bond acceptors (Lipinski definition) is 4. The highest BCUT2D eigenvalue weighted by atomic mass is 32.2. The third kappa shape index (κ3) is 4.09. The van der Waals surface area contributed by atoms with Gasteiger partial charge in [0.1, 0.15) is 17.2 Å². The van der Waals surface area contributed by atoms with E-state index in [4.69, 9.17) is 0 Å². The summed E-state index contributed by atoms with van der Waals surface area (Å²) >= 11 is 1.08. The summed E-state index contributed by atoms with van der Waals surface area (Å²) in [6.07, 6.45) is 0.709. The van der Waals surface area contributed by atoms with Crippen LogP contribution in [-0.2, 0) is 4.79 Å². The van der Waals surface area contributed by atoms with Crippen LogP contribution in [-0.4, -0.2) is 26.2 Å². The minimum absolute atomic E-state index is 0.103. The number of amides is 1. The first-order valence-electron chi connectivity index (χ1n) is 8.79. The fourth-order valence-electron chi connectivity index (χ4n) is 2.77. The predicted octanol–water partition coefficient (Wildman–Crippen LogP) is 4.01. The Morgan fingerprint density at radius 1 is 1.36 bits per heavy atom. The summed E-state index contributed by atoms with van der Waals surface area (Å²) in [5.41, 5.74) is 1.34. The maximum Gasteiger partial charge on any atom is 0.278 e. The first-order chi connectivity index (χ1) is 13.3. The lowest BCUT2D eigenvalue weighted by atomic mass is 10.2. The number of aromatic amines is 1. The maximum atomic E-state index is 13.7. The van der Waals surface area contributed by atoms with E-state index in [2.05, 4.69) is 15.3 Å². The molecule has 1 atom stereocenters. The zero-order valence-electron chi connectivity index (χ0n) is 15.7. The third-order valence-electron chi connectivity index (χ3n) is 4.35. The van der Waals surface area contributed by atoms with E-state index >= 15 is 0 Å². The van der Waals surface area contributed by atoms with Crippen molar-refractivity contribution in [2.45, 2.75) is 38.4 Å². The summed E-state index contributed by atoms with van der Waals surface area (Å²) in [6, 6.07) is 4.49. The Labute approximate surface area is 164 Å². The van der Waals surface area contributed by atoms with Crippen LogP contribution in [0.15, 0.2) is 34.2 Å². The Morgan fingerprint density at radius 3 is 2.82 bits per heavy atom. The molecule has 0 saturated carbocycles. The Bertz CT molecular complexity index is 1090. The van der Waals surface area contributed by atoms with Crippen LogP contribution in [0.4, 0.5) is 14.5 Å². The molecule has 0 radical (unpaired) electrons. The van der Waals surface area contributed by atoms with Crippen LogP contribution in [0.2, 0.25) is 0 Å². The number of halogens is 2. The fourth-order valence-corrected chi connectivity index (χ4v) is 3.67. The van der Waals surface area contributed by atoms with Crippen molar-refractivity contribution in [2.24, 2.45) is 0 Å². The molecule has 6 nitrogen and oxygen atoms in total. The number of aryl methyl sites for hydroxylation is 1. The second kappa shape index (κ2) is 8.14. The van der Waals surface area contributed by atoms with Gasteiger partial charge in [-0.05, 0) is 38.5 Å². The Hall–Kier alpha value is -2.68. The molecule has 0 fully saturated rings. The number of carbonyl (C=O) groups is 1. The molecule has 0 aliphatic rings.